The predicted octanol–water partition coefficient (Wildman–Crippen LogP) is 1.42. The number of rotatable bonds is 5. The van der Waals surface area contributed by atoms with E-state index in [1.807, 2.05) is 6.92 Å². The maximum Gasteiger partial charge on any atom is 0.237 e. The first-order valence-corrected chi connectivity index (χ1v) is 10.7. The Morgan fingerprint density at radius 1 is 1.11 bits per heavy atom. The summed E-state index contributed by atoms with van der Waals surface area (Å²) in [6, 6.07) is 10.3. The van der Waals surface area contributed by atoms with Gasteiger partial charge in [0.25, 0.3) is 0 Å². The average molecular weight is 371 g/mol. The Morgan fingerprint density at radius 3 is 2.41 bits per heavy atom. The molecule has 1 aliphatic carbocycles. The number of carbonyl (C=O) groups excluding carboxylic acids is 1. The Bertz CT molecular complexity index is 630. The molecular weight excluding hydrogens is 336 g/mol. The van der Waals surface area contributed by atoms with Gasteiger partial charge >= 0.3 is 0 Å². The molecule has 1 aromatic carbocycles. The highest BCUT2D eigenvalue weighted by Gasteiger charge is 2.42. The van der Waals surface area contributed by atoms with E-state index < -0.39 is 0 Å². The lowest BCUT2D eigenvalue weighted by molar-refractivity contribution is -0.126. The zero-order chi connectivity index (χ0) is 18.8. The number of fused-ring (bicyclic) bond motifs is 1. The number of benzene rings is 1. The number of hydrogen-bond acceptors (Lipinski definition) is 4. The summed E-state index contributed by atoms with van der Waals surface area (Å²) in [4.78, 5) is 17.7. The molecule has 2 saturated heterocycles. The average Bonchev–Trinajstić information content (AvgIpc) is 3.27. The second-order valence-electron chi connectivity index (χ2n) is 8.61. The third-order valence-corrected chi connectivity index (χ3v) is 6.68. The van der Waals surface area contributed by atoms with Gasteiger partial charge in [-0.2, -0.15) is 0 Å². The fourth-order valence-electron chi connectivity index (χ4n) is 5.21. The molecule has 0 unspecified atom stereocenters. The van der Waals surface area contributed by atoms with E-state index in [9.17, 15) is 4.79 Å². The summed E-state index contributed by atoms with van der Waals surface area (Å²) in [5.74, 6) is 0.209. The summed E-state index contributed by atoms with van der Waals surface area (Å²) in [7, 11) is 2.20. The minimum Gasteiger partial charge on any atom is -0.355 e. The van der Waals surface area contributed by atoms with Crippen LogP contribution in [0.4, 0.5) is 0 Å². The van der Waals surface area contributed by atoms with Crippen molar-refractivity contribution in [2.45, 2.75) is 63.2 Å². The Kier molecular flexibility index (Phi) is 5.81. The van der Waals surface area contributed by atoms with E-state index in [-0.39, 0.29) is 11.9 Å². The molecule has 5 heteroatoms. The summed E-state index contributed by atoms with van der Waals surface area (Å²) in [6.45, 7) is 6.06. The van der Waals surface area contributed by atoms with Gasteiger partial charge in [0.1, 0.15) is 0 Å². The standard InChI is InChI=1S/C22H34N4O/c1-3-23-22(27)21-14-19(24-18-8-10-25(2)11-9-18)15-26(21)20-12-16-6-4-5-7-17(16)13-20/h4-7,18-21,24H,3,8-15H2,1-2H3,(H,23,27)/t19-,21+/m1/s1. The van der Waals surface area contributed by atoms with Crippen molar-refractivity contribution in [2.24, 2.45) is 0 Å². The number of nitrogens with zero attached hydrogens (tertiary/aromatic N) is 2. The Morgan fingerprint density at radius 2 is 1.78 bits per heavy atom. The number of likely N-dealkylation sites (tertiary alicyclic amines) is 2. The maximum atomic E-state index is 12.8. The molecule has 148 valence electrons. The molecule has 3 aliphatic rings. The highest BCUT2D eigenvalue weighted by Crippen LogP contribution is 2.31. The summed E-state index contributed by atoms with van der Waals surface area (Å²) in [6.07, 6.45) is 5.52. The Labute approximate surface area is 163 Å². The summed E-state index contributed by atoms with van der Waals surface area (Å²) < 4.78 is 0. The smallest absolute Gasteiger partial charge is 0.237 e. The van der Waals surface area contributed by atoms with Crippen molar-refractivity contribution in [1.82, 2.24) is 20.4 Å². The van der Waals surface area contributed by atoms with Crippen LogP contribution in [0.25, 0.3) is 0 Å². The van der Waals surface area contributed by atoms with E-state index in [1.165, 1.54) is 37.1 Å². The molecule has 1 aromatic rings. The van der Waals surface area contributed by atoms with Crippen LogP contribution < -0.4 is 10.6 Å². The van der Waals surface area contributed by atoms with Crippen LogP contribution in [0, 0.1) is 0 Å². The van der Waals surface area contributed by atoms with Crippen LogP contribution in [0.3, 0.4) is 0 Å². The van der Waals surface area contributed by atoms with Crippen LogP contribution in [-0.4, -0.2) is 73.1 Å². The van der Waals surface area contributed by atoms with Gasteiger partial charge in [0.2, 0.25) is 5.91 Å². The third-order valence-electron chi connectivity index (χ3n) is 6.68. The molecule has 2 aliphatic heterocycles. The van der Waals surface area contributed by atoms with E-state index >= 15 is 0 Å². The van der Waals surface area contributed by atoms with Crippen LogP contribution in [-0.2, 0) is 17.6 Å². The molecular formula is C22H34N4O. The normalized spacial score (nSPS) is 27.8. The zero-order valence-corrected chi connectivity index (χ0v) is 16.8. The van der Waals surface area contributed by atoms with Crippen LogP contribution in [0.5, 0.6) is 0 Å². The molecule has 2 heterocycles. The first-order chi connectivity index (χ1) is 13.1. The topological polar surface area (TPSA) is 47.6 Å². The van der Waals surface area contributed by atoms with Crippen LogP contribution in [0.15, 0.2) is 24.3 Å². The van der Waals surface area contributed by atoms with Crippen molar-refractivity contribution >= 4 is 5.91 Å². The Hall–Kier alpha value is -1.43. The predicted molar refractivity (Wildman–Crippen MR) is 109 cm³/mol. The first kappa shape index (κ1) is 18.9. The minimum absolute atomic E-state index is 0.00743. The van der Waals surface area contributed by atoms with E-state index in [1.54, 1.807) is 0 Å². The van der Waals surface area contributed by atoms with Gasteiger partial charge in [0.05, 0.1) is 6.04 Å². The second-order valence-corrected chi connectivity index (χ2v) is 8.61. The van der Waals surface area contributed by atoms with Gasteiger partial charge in [-0.3, -0.25) is 9.69 Å². The molecule has 5 nitrogen and oxygen atoms in total. The first-order valence-electron chi connectivity index (χ1n) is 10.7. The quantitative estimate of drug-likeness (QED) is 0.823. The lowest BCUT2D eigenvalue weighted by atomic mass is 10.0. The maximum absolute atomic E-state index is 12.8. The molecule has 2 atom stereocenters. The van der Waals surface area contributed by atoms with Gasteiger partial charge in [0, 0.05) is 31.2 Å². The van der Waals surface area contributed by atoms with E-state index in [0.717, 1.165) is 25.8 Å². The van der Waals surface area contributed by atoms with Gasteiger partial charge in [-0.25, -0.2) is 0 Å². The van der Waals surface area contributed by atoms with Crippen molar-refractivity contribution in [2.75, 3.05) is 33.2 Å². The lowest BCUT2D eigenvalue weighted by Crippen LogP contribution is -2.48. The number of likely N-dealkylation sites (N-methyl/N-ethyl adjacent to an activating group) is 1. The number of nitrogens with one attached hydrogen (secondary N) is 2. The lowest BCUT2D eigenvalue weighted by Gasteiger charge is -2.32. The SMILES string of the molecule is CCNC(=O)[C@@H]1C[C@@H](NC2CCN(C)CC2)CN1C1Cc2ccccc2C1. The van der Waals surface area contributed by atoms with E-state index in [4.69, 9.17) is 0 Å². The van der Waals surface area contributed by atoms with Gasteiger partial charge in [-0.1, -0.05) is 24.3 Å². The molecule has 0 saturated carbocycles. The van der Waals surface area contributed by atoms with Gasteiger partial charge in [-0.05, 0) is 70.3 Å². The summed E-state index contributed by atoms with van der Waals surface area (Å²) in [5, 5.41) is 6.97. The van der Waals surface area contributed by atoms with Crippen molar-refractivity contribution in [3.05, 3.63) is 35.4 Å². The number of hydrogen-bond donors (Lipinski definition) is 2. The number of amides is 1. The summed E-state index contributed by atoms with van der Waals surface area (Å²) in [5.41, 5.74) is 2.92. The second kappa shape index (κ2) is 8.29. The zero-order valence-electron chi connectivity index (χ0n) is 16.8. The Balaban J connectivity index is 1.43. The van der Waals surface area contributed by atoms with E-state index in [0.29, 0.717) is 24.7 Å². The highest BCUT2D eigenvalue weighted by molar-refractivity contribution is 5.82. The fourth-order valence-corrected chi connectivity index (χ4v) is 5.21. The van der Waals surface area contributed by atoms with Crippen LogP contribution in [0.2, 0.25) is 0 Å². The number of carbonyl (C=O) groups is 1. The minimum atomic E-state index is 0.00743. The van der Waals surface area contributed by atoms with Crippen molar-refractivity contribution in [1.29, 1.82) is 0 Å². The molecule has 2 N–H and O–H groups in total. The molecule has 4 rings (SSSR count). The van der Waals surface area contributed by atoms with E-state index in [2.05, 4.69) is 51.7 Å². The highest BCUT2D eigenvalue weighted by atomic mass is 16.2. The third kappa shape index (κ3) is 4.20. The molecule has 1 amide bonds. The van der Waals surface area contributed by atoms with Crippen molar-refractivity contribution in [3.63, 3.8) is 0 Å². The molecule has 0 bridgehead atoms. The van der Waals surface area contributed by atoms with Gasteiger partial charge in [-0.15, -0.1) is 0 Å². The summed E-state index contributed by atoms with van der Waals surface area (Å²) >= 11 is 0. The van der Waals surface area contributed by atoms with Gasteiger partial charge in [0.15, 0.2) is 0 Å². The monoisotopic (exact) mass is 370 g/mol. The molecule has 0 spiro atoms. The molecule has 27 heavy (non-hydrogen) atoms. The fraction of sp³-hybridized carbons (Fsp3) is 0.682. The molecule has 0 radical (unpaired) electrons. The number of piperidine rings is 1. The van der Waals surface area contributed by atoms with Crippen LogP contribution >= 0.6 is 0 Å². The largest absolute Gasteiger partial charge is 0.355 e. The van der Waals surface area contributed by atoms with Crippen LogP contribution in [0.1, 0.15) is 37.3 Å². The van der Waals surface area contributed by atoms with Gasteiger partial charge < -0.3 is 15.5 Å². The molecule has 2 fully saturated rings. The molecule has 0 aromatic heterocycles. The van der Waals surface area contributed by atoms with Crippen molar-refractivity contribution in [3.8, 4) is 0 Å². The van der Waals surface area contributed by atoms with Crippen molar-refractivity contribution < 1.29 is 4.79 Å².